The molecule has 9 aromatic rings. The molecule has 246 valence electrons. The average Bonchev–Trinajstić information content (AvgIpc) is 3.42. The van der Waals surface area contributed by atoms with Crippen molar-refractivity contribution in [2.24, 2.45) is 0 Å². The van der Waals surface area contributed by atoms with Gasteiger partial charge in [0.05, 0.1) is 0 Å². The van der Waals surface area contributed by atoms with Gasteiger partial charge >= 0.3 is 0 Å². The molecule has 0 aromatic heterocycles. The third-order valence-electron chi connectivity index (χ3n) is 11.6. The Morgan fingerprint density at radius 2 is 0.808 bits per heavy atom. The molecule has 0 heterocycles. The van der Waals surface area contributed by atoms with E-state index in [2.05, 4.69) is 197 Å². The van der Waals surface area contributed by atoms with Crippen LogP contribution in [-0.4, -0.2) is 0 Å². The monoisotopic (exact) mass is 662 g/mol. The molecule has 0 fully saturated rings. The van der Waals surface area contributed by atoms with E-state index < -0.39 is 0 Å². The van der Waals surface area contributed by atoms with Gasteiger partial charge in [-0.3, -0.25) is 0 Å². The lowest BCUT2D eigenvalue weighted by Crippen LogP contribution is -2.14. The molecule has 0 saturated heterocycles. The third kappa shape index (κ3) is 4.61. The van der Waals surface area contributed by atoms with E-state index in [1.54, 1.807) is 0 Å². The fourth-order valence-electron chi connectivity index (χ4n) is 8.99. The van der Waals surface area contributed by atoms with Crippen molar-refractivity contribution in [3.63, 3.8) is 0 Å². The standard InChI is InChI=1S/C52H38/c1-33-14-4-6-16-39(33)50-43-19-8-10-21-45(43)51(46-22-11-9-20-44(46)50)47-31-38(30-37-15-5-7-17-40(37)47)35-26-24-34(25-27-35)36-28-29-42-41-18-12-13-23-48(41)52(2,3)49(42)32-36/h4-32H,1-3H3. The third-order valence-corrected chi connectivity index (χ3v) is 11.6. The molecule has 0 saturated carbocycles. The van der Waals surface area contributed by atoms with Crippen molar-refractivity contribution in [1.29, 1.82) is 0 Å². The quantitative estimate of drug-likeness (QED) is 0.165. The first kappa shape index (κ1) is 30.6. The molecule has 0 spiro atoms. The summed E-state index contributed by atoms with van der Waals surface area (Å²) in [4.78, 5) is 0. The minimum absolute atomic E-state index is 0.0180. The van der Waals surface area contributed by atoms with Crippen LogP contribution in [0.5, 0.6) is 0 Å². The van der Waals surface area contributed by atoms with Crippen LogP contribution in [0.4, 0.5) is 0 Å². The van der Waals surface area contributed by atoms with Crippen LogP contribution in [0.25, 0.3) is 88.0 Å². The predicted molar refractivity (Wildman–Crippen MR) is 223 cm³/mol. The lowest BCUT2D eigenvalue weighted by Gasteiger charge is -2.22. The first-order chi connectivity index (χ1) is 25.5. The zero-order valence-corrected chi connectivity index (χ0v) is 29.7. The van der Waals surface area contributed by atoms with E-state index in [0.717, 1.165) is 0 Å². The van der Waals surface area contributed by atoms with Crippen molar-refractivity contribution in [3.8, 4) is 55.6 Å². The second-order valence-corrected chi connectivity index (χ2v) is 14.9. The lowest BCUT2D eigenvalue weighted by molar-refractivity contribution is 0.660. The molecule has 0 radical (unpaired) electrons. The van der Waals surface area contributed by atoms with Crippen molar-refractivity contribution in [1.82, 2.24) is 0 Å². The number of hydrogen-bond donors (Lipinski definition) is 0. The highest BCUT2D eigenvalue weighted by molar-refractivity contribution is 6.24. The molecular formula is C52H38. The first-order valence-electron chi connectivity index (χ1n) is 18.4. The normalized spacial score (nSPS) is 13.1. The number of fused-ring (bicyclic) bond motifs is 6. The highest BCUT2D eigenvalue weighted by Gasteiger charge is 2.35. The molecule has 9 aromatic carbocycles. The Balaban J connectivity index is 1.14. The van der Waals surface area contributed by atoms with Gasteiger partial charge in [0.15, 0.2) is 0 Å². The molecule has 0 bridgehead atoms. The van der Waals surface area contributed by atoms with Crippen LogP contribution >= 0.6 is 0 Å². The summed E-state index contributed by atoms with van der Waals surface area (Å²) in [6, 6.07) is 65.5. The van der Waals surface area contributed by atoms with Crippen molar-refractivity contribution in [2.75, 3.05) is 0 Å². The van der Waals surface area contributed by atoms with Crippen LogP contribution in [0.3, 0.4) is 0 Å². The Morgan fingerprint density at radius 1 is 0.327 bits per heavy atom. The fourth-order valence-corrected chi connectivity index (χ4v) is 8.99. The molecule has 0 aliphatic heterocycles. The van der Waals surface area contributed by atoms with E-state index in [4.69, 9.17) is 0 Å². The average molecular weight is 663 g/mol. The second kappa shape index (κ2) is 11.7. The maximum Gasteiger partial charge on any atom is 0.0159 e. The van der Waals surface area contributed by atoms with Crippen molar-refractivity contribution >= 4 is 32.3 Å². The molecule has 52 heavy (non-hydrogen) atoms. The first-order valence-corrected chi connectivity index (χ1v) is 18.4. The smallest absolute Gasteiger partial charge is 0.0159 e. The summed E-state index contributed by atoms with van der Waals surface area (Å²) in [5, 5.41) is 7.63. The number of benzene rings is 9. The van der Waals surface area contributed by atoms with Crippen LogP contribution in [-0.2, 0) is 5.41 Å². The molecule has 0 nitrogen and oxygen atoms in total. The van der Waals surface area contributed by atoms with E-state index in [1.807, 2.05) is 0 Å². The van der Waals surface area contributed by atoms with E-state index >= 15 is 0 Å². The summed E-state index contributed by atoms with van der Waals surface area (Å²) in [7, 11) is 0. The van der Waals surface area contributed by atoms with Gasteiger partial charge in [-0.15, -0.1) is 0 Å². The summed E-state index contributed by atoms with van der Waals surface area (Å²) >= 11 is 0. The highest BCUT2D eigenvalue weighted by Crippen LogP contribution is 2.50. The maximum absolute atomic E-state index is 2.42. The van der Waals surface area contributed by atoms with Gasteiger partial charge in [0.1, 0.15) is 0 Å². The van der Waals surface area contributed by atoms with Crippen molar-refractivity contribution in [2.45, 2.75) is 26.2 Å². The Hall–Kier alpha value is -6.24. The molecule has 1 aliphatic rings. The van der Waals surface area contributed by atoms with E-state index in [1.165, 1.54) is 105 Å². The largest absolute Gasteiger partial charge is 0.0620 e. The van der Waals surface area contributed by atoms with Crippen LogP contribution < -0.4 is 0 Å². The molecule has 10 rings (SSSR count). The predicted octanol–water partition coefficient (Wildman–Crippen LogP) is 14.4. The molecule has 0 N–H and O–H groups in total. The van der Waals surface area contributed by atoms with Gasteiger partial charge in [-0.25, -0.2) is 0 Å². The van der Waals surface area contributed by atoms with Crippen LogP contribution in [0, 0.1) is 6.92 Å². The summed E-state index contributed by atoms with van der Waals surface area (Å²) in [6.45, 7) is 6.92. The zero-order chi connectivity index (χ0) is 35.0. The number of rotatable bonds is 4. The maximum atomic E-state index is 2.42. The Labute approximate surface area is 305 Å². The molecule has 0 unspecified atom stereocenters. The van der Waals surface area contributed by atoms with Gasteiger partial charge in [-0.1, -0.05) is 172 Å². The number of aryl methyl sites for hydroxylation is 1. The zero-order valence-electron chi connectivity index (χ0n) is 29.7. The fraction of sp³-hybridized carbons (Fsp3) is 0.0769. The van der Waals surface area contributed by atoms with Gasteiger partial charge < -0.3 is 0 Å². The van der Waals surface area contributed by atoms with Crippen LogP contribution in [0.1, 0.15) is 30.5 Å². The van der Waals surface area contributed by atoms with Crippen molar-refractivity contribution < 1.29 is 0 Å². The van der Waals surface area contributed by atoms with E-state index in [0.29, 0.717) is 0 Å². The minimum atomic E-state index is -0.0180. The van der Waals surface area contributed by atoms with Crippen molar-refractivity contribution in [3.05, 3.63) is 193 Å². The Bertz CT molecular complexity index is 2810. The molecule has 0 heteroatoms. The summed E-state index contributed by atoms with van der Waals surface area (Å²) < 4.78 is 0. The van der Waals surface area contributed by atoms with Gasteiger partial charge in [-0.05, 0) is 130 Å². The second-order valence-electron chi connectivity index (χ2n) is 14.9. The van der Waals surface area contributed by atoms with Crippen LogP contribution in [0.15, 0.2) is 176 Å². The Morgan fingerprint density at radius 3 is 1.46 bits per heavy atom. The SMILES string of the molecule is Cc1ccccc1-c1c2ccccc2c(-c2cc(-c3ccc(-c4ccc5c(c4)C(C)(C)c4ccccc4-5)cc3)cc3ccccc23)c2ccccc12. The Kier molecular flexibility index (Phi) is 6.85. The van der Waals surface area contributed by atoms with Gasteiger partial charge in [0, 0.05) is 5.41 Å². The topological polar surface area (TPSA) is 0 Å². The minimum Gasteiger partial charge on any atom is -0.0620 e. The summed E-state index contributed by atoms with van der Waals surface area (Å²) in [5.74, 6) is 0. The molecular weight excluding hydrogens is 625 g/mol. The van der Waals surface area contributed by atoms with E-state index in [-0.39, 0.29) is 5.41 Å². The molecule has 1 aliphatic carbocycles. The highest BCUT2D eigenvalue weighted by atomic mass is 14.4. The van der Waals surface area contributed by atoms with Crippen LogP contribution in [0.2, 0.25) is 0 Å². The summed E-state index contributed by atoms with van der Waals surface area (Å²) in [5.41, 5.74) is 16.9. The lowest BCUT2D eigenvalue weighted by atomic mass is 9.81. The summed E-state index contributed by atoms with van der Waals surface area (Å²) in [6.07, 6.45) is 0. The van der Waals surface area contributed by atoms with Gasteiger partial charge in [-0.2, -0.15) is 0 Å². The van der Waals surface area contributed by atoms with Gasteiger partial charge in [0.2, 0.25) is 0 Å². The molecule has 0 amide bonds. The number of hydrogen-bond acceptors (Lipinski definition) is 0. The van der Waals surface area contributed by atoms with Gasteiger partial charge in [0.25, 0.3) is 0 Å². The molecule has 0 atom stereocenters. The van der Waals surface area contributed by atoms with E-state index in [9.17, 15) is 0 Å².